The monoisotopic (exact) mass is 458 g/mol. The van der Waals surface area contributed by atoms with Crippen LogP contribution in [0, 0.1) is 11.8 Å². The minimum atomic E-state index is -0.602. The van der Waals surface area contributed by atoms with Crippen molar-refractivity contribution in [3.8, 4) is 0 Å². The molecular weight excluding hydrogens is 428 g/mol. The van der Waals surface area contributed by atoms with Crippen molar-refractivity contribution in [2.45, 2.75) is 38.3 Å². The van der Waals surface area contributed by atoms with Crippen molar-refractivity contribution < 1.29 is 14.7 Å². The summed E-state index contributed by atoms with van der Waals surface area (Å²) in [5.74, 6) is 0.0470. The quantitative estimate of drug-likeness (QED) is 0.537. The number of nitrogens with zero attached hydrogens (tertiary/aromatic N) is 3. The highest BCUT2D eigenvalue weighted by molar-refractivity contribution is 5.94. The van der Waals surface area contributed by atoms with Crippen LogP contribution in [0.1, 0.15) is 62.9 Å². The third-order valence-electron chi connectivity index (χ3n) is 6.62. The predicted octanol–water partition coefficient (Wildman–Crippen LogP) is 3.54. The summed E-state index contributed by atoms with van der Waals surface area (Å²) < 4.78 is 0. The second-order valence-electron chi connectivity index (χ2n) is 9.15. The number of hydrogen-bond acceptors (Lipinski definition) is 5. The van der Waals surface area contributed by atoms with Gasteiger partial charge in [-0.2, -0.15) is 0 Å². The van der Waals surface area contributed by atoms with Gasteiger partial charge in [-0.3, -0.25) is 19.6 Å². The summed E-state index contributed by atoms with van der Waals surface area (Å²) in [4.78, 5) is 33.8. The van der Waals surface area contributed by atoms with E-state index in [2.05, 4.69) is 9.97 Å². The van der Waals surface area contributed by atoms with Crippen LogP contribution in [0.3, 0.4) is 0 Å². The zero-order chi connectivity index (χ0) is 24.1. The maximum Gasteiger partial charge on any atom is 0.267 e. The summed E-state index contributed by atoms with van der Waals surface area (Å²) in [7, 11) is 1.80. The molecule has 1 saturated carbocycles. The van der Waals surface area contributed by atoms with Crippen LogP contribution < -0.4 is 5.73 Å². The number of aliphatic hydroxyl groups excluding tert-OH is 1. The summed E-state index contributed by atoms with van der Waals surface area (Å²) >= 11 is 0. The summed E-state index contributed by atoms with van der Waals surface area (Å²) in [5.41, 5.74) is 9.01. The Hall–Kier alpha value is -3.58. The van der Waals surface area contributed by atoms with Crippen molar-refractivity contribution in [1.82, 2.24) is 14.9 Å². The Morgan fingerprint density at radius 1 is 1.09 bits per heavy atom. The first-order valence-corrected chi connectivity index (χ1v) is 11.6. The van der Waals surface area contributed by atoms with Crippen molar-refractivity contribution in [2.24, 2.45) is 17.6 Å². The average molecular weight is 459 g/mol. The van der Waals surface area contributed by atoms with Crippen molar-refractivity contribution >= 4 is 11.8 Å². The molecule has 1 aromatic carbocycles. The van der Waals surface area contributed by atoms with E-state index in [0.717, 1.165) is 31.2 Å². The van der Waals surface area contributed by atoms with E-state index < -0.39 is 12.0 Å². The van der Waals surface area contributed by atoms with Crippen LogP contribution in [0.25, 0.3) is 0 Å². The van der Waals surface area contributed by atoms with Gasteiger partial charge in [0.15, 0.2) is 0 Å². The molecule has 1 fully saturated rings. The number of nitrogens with two attached hydrogens (primary N) is 1. The molecule has 2 amide bonds. The van der Waals surface area contributed by atoms with E-state index in [9.17, 15) is 14.7 Å². The molecule has 1 aliphatic rings. The molecule has 34 heavy (non-hydrogen) atoms. The number of pyridine rings is 2. The smallest absolute Gasteiger partial charge is 0.267 e. The van der Waals surface area contributed by atoms with E-state index in [1.807, 2.05) is 36.4 Å². The Bertz CT molecular complexity index is 1120. The molecule has 1 aliphatic carbocycles. The zero-order valence-electron chi connectivity index (χ0n) is 19.3. The first kappa shape index (κ1) is 23.6. The van der Waals surface area contributed by atoms with Crippen LogP contribution in [0.2, 0.25) is 0 Å². The Morgan fingerprint density at radius 2 is 1.88 bits per heavy atom. The highest BCUT2D eigenvalue weighted by Gasteiger charge is 2.31. The average Bonchev–Trinajstić information content (AvgIpc) is 3.32. The largest absolute Gasteiger partial charge is 0.388 e. The molecule has 2 aromatic heterocycles. The Morgan fingerprint density at radius 3 is 2.53 bits per heavy atom. The molecule has 0 radical (unpaired) electrons. The second-order valence-corrected chi connectivity index (χ2v) is 9.15. The topological polar surface area (TPSA) is 109 Å². The molecule has 176 valence electrons. The lowest BCUT2D eigenvalue weighted by Crippen LogP contribution is -2.26. The van der Waals surface area contributed by atoms with E-state index in [1.54, 1.807) is 42.7 Å². The molecule has 0 aliphatic heterocycles. The van der Waals surface area contributed by atoms with Crippen LogP contribution in [0.15, 0.2) is 67.1 Å². The number of amides is 2. The number of aliphatic hydroxyl groups is 1. The van der Waals surface area contributed by atoms with Gasteiger partial charge in [-0.15, -0.1) is 0 Å². The lowest BCUT2D eigenvalue weighted by Gasteiger charge is -2.19. The summed E-state index contributed by atoms with van der Waals surface area (Å²) in [6.07, 6.45) is 8.26. The number of primary amides is 1. The van der Waals surface area contributed by atoms with Gasteiger partial charge in [0.25, 0.3) is 11.8 Å². The van der Waals surface area contributed by atoms with Gasteiger partial charge in [0.05, 0.1) is 6.10 Å². The van der Waals surface area contributed by atoms with Crippen molar-refractivity contribution in [3.05, 3.63) is 95.1 Å². The van der Waals surface area contributed by atoms with Crippen LogP contribution in [0.5, 0.6) is 0 Å². The SMILES string of the molecule is CN(Cc1cccnc1)C(=O)c1ccc(CC2CC[C@H]([C@H](O)c3ccc(C(N)=O)nc3)C2)cc1. The molecule has 0 saturated heterocycles. The highest BCUT2D eigenvalue weighted by atomic mass is 16.3. The minimum absolute atomic E-state index is 0.0181. The lowest BCUT2D eigenvalue weighted by molar-refractivity contribution is 0.0784. The Labute approximate surface area is 199 Å². The fraction of sp³-hybridized carbons (Fsp3) is 0.333. The molecule has 7 nitrogen and oxygen atoms in total. The molecule has 3 atom stereocenters. The molecule has 1 unspecified atom stereocenters. The van der Waals surface area contributed by atoms with Gasteiger partial charge >= 0.3 is 0 Å². The highest BCUT2D eigenvalue weighted by Crippen LogP contribution is 2.40. The Balaban J connectivity index is 1.30. The molecule has 3 N–H and O–H groups in total. The van der Waals surface area contributed by atoms with Crippen molar-refractivity contribution in [3.63, 3.8) is 0 Å². The first-order chi connectivity index (χ1) is 16.4. The van der Waals surface area contributed by atoms with Gasteiger partial charge in [-0.25, -0.2) is 0 Å². The summed E-state index contributed by atoms with van der Waals surface area (Å²) in [6, 6.07) is 15.0. The summed E-state index contributed by atoms with van der Waals surface area (Å²) in [6.45, 7) is 0.515. The maximum absolute atomic E-state index is 12.8. The predicted molar refractivity (Wildman–Crippen MR) is 129 cm³/mol. The summed E-state index contributed by atoms with van der Waals surface area (Å²) in [5, 5.41) is 10.8. The molecule has 3 aromatic rings. The number of carbonyl (C=O) groups excluding carboxylic acids is 2. The molecule has 7 heteroatoms. The standard InChI is InChI=1S/C27H30N4O3/c1-31(17-20-3-2-12-29-15-20)27(34)21-7-4-18(5-8-21)13-19-6-9-22(14-19)25(32)23-10-11-24(26(28)33)30-16-23/h2-5,7-8,10-12,15-16,19,22,25,32H,6,9,13-14,17H2,1H3,(H2,28,33)/t19?,22-,25-/m0/s1. The van der Waals surface area contributed by atoms with E-state index in [4.69, 9.17) is 5.73 Å². The van der Waals surface area contributed by atoms with Gasteiger partial charge in [-0.05, 0) is 78.5 Å². The van der Waals surface area contributed by atoms with Crippen LogP contribution >= 0.6 is 0 Å². The third-order valence-corrected chi connectivity index (χ3v) is 6.62. The number of carbonyl (C=O) groups is 2. The molecule has 4 rings (SSSR count). The lowest BCUT2D eigenvalue weighted by atomic mass is 9.92. The van der Waals surface area contributed by atoms with Crippen LogP contribution in [-0.4, -0.2) is 38.8 Å². The van der Waals surface area contributed by atoms with E-state index >= 15 is 0 Å². The molecule has 0 spiro atoms. The van der Waals surface area contributed by atoms with Crippen LogP contribution in [0.4, 0.5) is 0 Å². The van der Waals surface area contributed by atoms with E-state index in [0.29, 0.717) is 23.6 Å². The normalized spacial score (nSPS) is 18.4. The minimum Gasteiger partial charge on any atom is -0.388 e. The van der Waals surface area contributed by atoms with Crippen molar-refractivity contribution in [1.29, 1.82) is 0 Å². The number of rotatable bonds is 8. The fourth-order valence-corrected chi connectivity index (χ4v) is 4.76. The number of benzene rings is 1. The van der Waals surface area contributed by atoms with Gasteiger partial charge < -0.3 is 15.7 Å². The van der Waals surface area contributed by atoms with Gasteiger partial charge in [0.1, 0.15) is 5.69 Å². The van der Waals surface area contributed by atoms with E-state index in [1.165, 1.54) is 5.56 Å². The van der Waals surface area contributed by atoms with Gasteiger partial charge in [0.2, 0.25) is 0 Å². The van der Waals surface area contributed by atoms with Crippen LogP contribution in [-0.2, 0) is 13.0 Å². The Kier molecular flexibility index (Phi) is 7.33. The molecule has 2 heterocycles. The van der Waals surface area contributed by atoms with Crippen molar-refractivity contribution in [2.75, 3.05) is 7.05 Å². The first-order valence-electron chi connectivity index (χ1n) is 11.6. The number of aromatic nitrogens is 2. The second kappa shape index (κ2) is 10.6. The molecule has 0 bridgehead atoms. The fourth-order valence-electron chi connectivity index (χ4n) is 4.76. The van der Waals surface area contributed by atoms with Gasteiger partial charge in [0, 0.05) is 37.7 Å². The zero-order valence-corrected chi connectivity index (χ0v) is 19.3. The van der Waals surface area contributed by atoms with Gasteiger partial charge in [-0.1, -0.05) is 24.3 Å². The maximum atomic E-state index is 12.8. The molecular formula is C27H30N4O3. The number of hydrogen-bond donors (Lipinski definition) is 2. The van der Waals surface area contributed by atoms with E-state index in [-0.39, 0.29) is 17.5 Å². The third kappa shape index (κ3) is 5.66.